The van der Waals surface area contributed by atoms with Crippen LogP contribution in [0.15, 0.2) is 23.8 Å². The summed E-state index contributed by atoms with van der Waals surface area (Å²) < 4.78 is 49.5. The number of likely N-dealkylation sites (N-methyl/N-ethyl adjacent to an activating group) is 1. The number of allylic oxidation sites excluding steroid dienone is 4. The third-order valence-electron chi connectivity index (χ3n) is 13.3. The Morgan fingerprint density at radius 1 is 0.827 bits per heavy atom. The molecule has 0 radical (unpaired) electrons. The number of nitrogens with zero attached hydrogens (tertiary/aromatic N) is 1. The van der Waals surface area contributed by atoms with Gasteiger partial charge >= 0.3 is 5.97 Å². The van der Waals surface area contributed by atoms with Gasteiger partial charge in [-0.1, -0.05) is 32.1 Å². The molecule has 294 valence electrons. The lowest BCUT2D eigenvalue weighted by molar-refractivity contribution is -0.314. The van der Waals surface area contributed by atoms with Crippen molar-refractivity contribution in [2.24, 2.45) is 35.5 Å². The van der Waals surface area contributed by atoms with E-state index in [-0.39, 0.29) is 96.8 Å². The van der Waals surface area contributed by atoms with Gasteiger partial charge in [-0.2, -0.15) is 0 Å². The van der Waals surface area contributed by atoms with E-state index in [4.69, 9.17) is 37.9 Å². The molecule has 6 rings (SSSR count). The molecule has 11 heteroatoms. The maximum absolute atomic E-state index is 14.7. The minimum Gasteiger partial charge on any atom is -0.462 e. The van der Waals surface area contributed by atoms with E-state index in [1.807, 2.05) is 13.8 Å². The maximum atomic E-state index is 14.7. The second kappa shape index (κ2) is 17.4. The summed E-state index contributed by atoms with van der Waals surface area (Å²) in [5.41, 5.74) is 0.763. The van der Waals surface area contributed by atoms with Gasteiger partial charge in [0.15, 0.2) is 18.4 Å². The van der Waals surface area contributed by atoms with Crippen LogP contribution in [0, 0.1) is 35.5 Å². The van der Waals surface area contributed by atoms with Crippen LogP contribution in [0.1, 0.15) is 85.5 Å². The zero-order valence-corrected chi connectivity index (χ0v) is 32.9. The number of ether oxygens (including phenoxy) is 8. The van der Waals surface area contributed by atoms with Crippen molar-refractivity contribution in [1.29, 1.82) is 0 Å². The molecule has 3 saturated heterocycles. The topological polar surface area (TPSA) is 111 Å². The fraction of sp³-hybridized carbons (Fsp3) is 0.854. The summed E-state index contributed by atoms with van der Waals surface area (Å²) in [6.07, 6.45) is 10.8. The fourth-order valence-corrected chi connectivity index (χ4v) is 10.4. The molecule has 0 aromatic heterocycles. The zero-order chi connectivity index (χ0) is 37.3. The average molecular weight is 732 g/mol. The summed E-state index contributed by atoms with van der Waals surface area (Å²) in [6, 6.07) is 0.339. The quantitative estimate of drug-likeness (QED) is 0.222. The molecule has 1 saturated carbocycles. The molecule has 11 nitrogen and oxygen atoms in total. The van der Waals surface area contributed by atoms with Crippen LogP contribution in [0.3, 0.4) is 0 Å². The number of fused-ring (bicyclic) bond motifs is 5. The van der Waals surface area contributed by atoms with Crippen LogP contribution in [0.25, 0.3) is 0 Å². The lowest BCUT2D eigenvalue weighted by Crippen LogP contribution is -2.59. The summed E-state index contributed by atoms with van der Waals surface area (Å²) in [4.78, 5) is 30.4. The van der Waals surface area contributed by atoms with Gasteiger partial charge in [-0.3, -0.25) is 9.59 Å². The van der Waals surface area contributed by atoms with Crippen LogP contribution in [0.4, 0.5) is 0 Å². The van der Waals surface area contributed by atoms with Crippen molar-refractivity contribution in [3.8, 4) is 0 Å². The molecule has 0 N–H and O–H groups in total. The van der Waals surface area contributed by atoms with E-state index in [1.54, 1.807) is 21.3 Å². The molecule has 3 aliphatic heterocycles. The molecule has 52 heavy (non-hydrogen) atoms. The van der Waals surface area contributed by atoms with Gasteiger partial charge in [0.25, 0.3) is 0 Å². The Morgan fingerprint density at radius 3 is 2.25 bits per heavy atom. The Bertz CT molecular complexity index is 1290. The van der Waals surface area contributed by atoms with Gasteiger partial charge in [0.05, 0.1) is 30.8 Å². The fourth-order valence-electron chi connectivity index (χ4n) is 10.4. The number of hydrogen-bond donors (Lipinski definition) is 0. The molecular weight excluding hydrogens is 666 g/mol. The van der Waals surface area contributed by atoms with Crippen molar-refractivity contribution in [2.75, 3.05) is 35.4 Å². The van der Waals surface area contributed by atoms with E-state index >= 15 is 0 Å². The number of carbonyl (C=O) groups is 2. The zero-order valence-electron chi connectivity index (χ0n) is 32.9. The van der Waals surface area contributed by atoms with Crippen LogP contribution in [0.2, 0.25) is 0 Å². The third-order valence-corrected chi connectivity index (χ3v) is 13.3. The number of hydrogen-bond acceptors (Lipinski definition) is 11. The van der Waals surface area contributed by atoms with Gasteiger partial charge < -0.3 is 42.8 Å². The standard InChI is InChI=1S/C41H65NO10/c1-10-26-12-11-13-34(52-36-17-16-33(42(5)6)23(3)48-36)22(2)37(44)32-20-30-28(31(32)21-35(43)50-26)15-14-25-18-27(19-29(25)30)51-41-40(47-9)39(46-8)38(45-7)24(4)49-41/h14-15,20,22-31,33-34,36,38-41H,10-13,16-19,21H2,1-9H3/t22-,23+,24-,25+,26+,27+,28+,29+,30+,31-,33-,34-,36+,38-,39+,40+,41-/m0/s1. The van der Waals surface area contributed by atoms with Crippen molar-refractivity contribution < 1.29 is 47.5 Å². The first kappa shape index (κ1) is 40.0. The van der Waals surface area contributed by atoms with Crippen LogP contribution >= 0.6 is 0 Å². The number of esters is 1. The van der Waals surface area contributed by atoms with E-state index in [0.717, 1.165) is 50.5 Å². The Labute approximate surface area is 311 Å². The van der Waals surface area contributed by atoms with Crippen LogP contribution in [0.5, 0.6) is 0 Å². The van der Waals surface area contributed by atoms with Crippen LogP contribution < -0.4 is 0 Å². The number of cyclic esters (lactones) is 1. The van der Waals surface area contributed by atoms with Crippen LogP contribution in [-0.2, 0) is 47.5 Å². The second-order valence-corrected chi connectivity index (χ2v) is 16.5. The highest BCUT2D eigenvalue weighted by Gasteiger charge is 2.52. The van der Waals surface area contributed by atoms with E-state index in [1.165, 1.54) is 0 Å². The molecule has 0 unspecified atom stereocenters. The van der Waals surface area contributed by atoms with E-state index in [2.05, 4.69) is 51.1 Å². The highest BCUT2D eigenvalue weighted by molar-refractivity contribution is 5.99. The number of ketones is 1. The normalized spacial score (nSPS) is 45.7. The molecule has 0 aromatic carbocycles. The predicted molar refractivity (Wildman–Crippen MR) is 194 cm³/mol. The summed E-state index contributed by atoms with van der Waals surface area (Å²) in [6.45, 7) is 8.17. The summed E-state index contributed by atoms with van der Waals surface area (Å²) in [7, 11) is 9.15. The van der Waals surface area contributed by atoms with Gasteiger partial charge in [-0.15, -0.1) is 0 Å². The molecule has 6 aliphatic rings. The Hall–Kier alpha value is -1.70. The highest BCUT2D eigenvalue weighted by Crippen LogP contribution is 2.54. The third kappa shape index (κ3) is 8.27. The van der Waals surface area contributed by atoms with Crippen molar-refractivity contribution in [3.63, 3.8) is 0 Å². The molecule has 0 amide bonds. The summed E-state index contributed by atoms with van der Waals surface area (Å²) >= 11 is 0. The first-order chi connectivity index (χ1) is 25.0. The van der Waals surface area contributed by atoms with Gasteiger partial charge in [0.1, 0.15) is 24.4 Å². The largest absolute Gasteiger partial charge is 0.462 e. The minimum atomic E-state index is -0.594. The summed E-state index contributed by atoms with van der Waals surface area (Å²) in [5.74, 6) is 0.0198. The second-order valence-electron chi connectivity index (χ2n) is 16.5. The number of Topliss-reactive ketones (excluding diaryl/α,β-unsaturated/α-hetero) is 1. The monoisotopic (exact) mass is 731 g/mol. The number of methoxy groups -OCH3 is 3. The lowest BCUT2D eigenvalue weighted by Gasteiger charge is -2.44. The maximum Gasteiger partial charge on any atom is 0.306 e. The number of rotatable bonds is 9. The van der Waals surface area contributed by atoms with E-state index in [0.29, 0.717) is 18.4 Å². The average Bonchev–Trinajstić information content (AvgIpc) is 3.70. The lowest BCUT2D eigenvalue weighted by atomic mass is 9.70. The SMILES string of the molecule is CC[C@@H]1CCC[C@H](O[C@@H]2CC[C@H](N(C)C)[C@@H](C)O2)[C@H](C)C(=O)C2=C[C@@H]3[C@@H](C=C[C@@H]4C[C@@H](O[C@@H]5O[C@@H](C)[C@H](OC)[C@@H](OC)[C@H]5OC)C[C@@H]34)[C@@H]2CC(=O)O1. The van der Waals surface area contributed by atoms with Crippen molar-refractivity contribution in [1.82, 2.24) is 4.90 Å². The van der Waals surface area contributed by atoms with Gasteiger partial charge in [-0.05, 0) is 109 Å². The van der Waals surface area contributed by atoms with E-state index < -0.39 is 12.4 Å². The smallest absolute Gasteiger partial charge is 0.306 e. The molecule has 0 bridgehead atoms. The molecule has 17 atom stereocenters. The molecular formula is C41H65NO10. The number of carbonyl (C=O) groups excluding carboxylic acids is 2. The van der Waals surface area contributed by atoms with Crippen molar-refractivity contribution in [3.05, 3.63) is 23.8 Å². The molecule has 0 aromatic rings. The molecule has 0 spiro atoms. The van der Waals surface area contributed by atoms with Gasteiger partial charge in [0.2, 0.25) is 0 Å². The Kier molecular flexibility index (Phi) is 13.4. The van der Waals surface area contributed by atoms with Crippen molar-refractivity contribution >= 4 is 11.8 Å². The summed E-state index contributed by atoms with van der Waals surface area (Å²) in [5, 5.41) is 0. The van der Waals surface area contributed by atoms with Gasteiger partial charge in [-0.25, -0.2) is 0 Å². The Balaban J connectivity index is 1.20. The highest BCUT2D eigenvalue weighted by atomic mass is 16.7. The first-order valence-corrected chi connectivity index (χ1v) is 20.0. The van der Waals surface area contributed by atoms with Crippen molar-refractivity contribution in [2.45, 2.75) is 153 Å². The van der Waals surface area contributed by atoms with E-state index in [9.17, 15) is 9.59 Å². The van der Waals surface area contributed by atoms with Crippen LogP contribution in [-0.4, -0.2) is 120 Å². The molecule has 3 heterocycles. The molecule has 3 aliphatic carbocycles. The molecule has 4 fully saturated rings. The Morgan fingerprint density at radius 2 is 1.58 bits per heavy atom. The first-order valence-electron chi connectivity index (χ1n) is 20.0. The van der Waals surface area contributed by atoms with Gasteiger partial charge in [0, 0.05) is 39.2 Å². The minimum absolute atomic E-state index is 0.0380. The predicted octanol–water partition coefficient (Wildman–Crippen LogP) is 5.49.